The molecule has 0 saturated carbocycles. The lowest BCUT2D eigenvalue weighted by molar-refractivity contribution is -0.141. The minimum absolute atomic E-state index is 0.0263. The summed E-state index contributed by atoms with van der Waals surface area (Å²) in [6.07, 6.45) is 3.24. The molecule has 36 heavy (non-hydrogen) atoms. The number of anilines is 1. The molecule has 0 aliphatic carbocycles. The molecule has 1 aromatic heterocycles. The minimum atomic E-state index is -0.530. The van der Waals surface area contributed by atoms with Crippen LogP contribution in [-0.4, -0.2) is 41.7 Å². The molecule has 4 rings (SSSR count). The number of rotatable bonds is 9. The summed E-state index contributed by atoms with van der Waals surface area (Å²) in [6.45, 7) is 8.41. The number of alkyl carbamates (subject to hydrolysis) is 1. The molecule has 188 valence electrons. The van der Waals surface area contributed by atoms with Crippen LogP contribution in [0.25, 0.3) is 11.4 Å². The first-order valence-corrected chi connectivity index (χ1v) is 12.4. The highest BCUT2D eigenvalue weighted by Gasteiger charge is 2.35. The SMILES string of the molecule is CCN(CC)c1ccc2c(c1)OC(=O)C(CCOC(=O)NCc1cccc(-c3ncccn3)c1)C2C. The van der Waals surface area contributed by atoms with Gasteiger partial charge in [0.1, 0.15) is 5.75 Å². The third kappa shape index (κ3) is 5.82. The van der Waals surface area contributed by atoms with E-state index in [1.165, 1.54) is 0 Å². The van der Waals surface area contributed by atoms with Crippen LogP contribution in [0.4, 0.5) is 10.5 Å². The molecule has 0 radical (unpaired) electrons. The Morgan fingerprint density at radius 2 is 1.86 bits per heavy atom. The molecule has 1 amide bonds. The number of amides is 1. The van der Waals surface area contributed by atoms with Crippen LogP contribution in [0.3, 0.4) is 0 Å². The maximum atomic E-state index is 12.7. The molecule has 1 aliphatic heterocycles. The average molecular weight is 489 g/mol. The highest BCUT2D eigenvalue weighted by molar-refractivity contribution is 5.80. The number of carbonyl (C=O) groups excluding carboxylic acids is 2. The summed E-state index contributed by atoms with van der Waals surface area (Å²) in [4.78, 5) is 35.7. The van der Waals surface area contributed by atoms with Crippen molar-refractivity contribution in [1.82, 2.24) is 15.3 Å². The second-order valence-electron chi connectivity index (χ2n) is 8.76. The predicted octanol–water partition coefficient (Wildman–Crippen LogP) is 4.95. The molecule has 8 nitrogen and oxygen atoms in total. The summed E-state index contributed by atoms with van der Waals surface area (Å²) in [6, 6.07) is 15.5. The van der Waals surface area contributed by atoms with E-state index in [0.717, 1.165) is 35.5 Å². The fourth-order valence-electron chi connectivity index (χ4n) is 4.52. The number of esters is 1. The Balaban J connectivity index is 1.28. The van der Waals surface area contributed by atoms with Crippen molar-refractivity contribution in [3.05, 3.63) is 72.1 Å². The predicted molar refractivity (Wildman–Crippen MR) is 138 cm³/mol. The van der Waals surface area contributed by atoms with Gasteiger partial charge < -0.3 is 19.7 Å². The van der Waals surface area contributed by atoms with Crippen LogP contribution in [0.15, 0.2) is 60.9 Å². The van der Waals surface area contributed by atoms with Gasteiger partial charge in [0.15, 0.2) is 5.82 Å². The number of carbonyl (C=O) groups is 2. The van der Waals surface area contributed by atoms with Gasteiger partial charge in [0.2, 0.25) is 0 Å². The molecule has 0 bridgehead atoms. The molecule has 1 N–H and O–H groups in total. The van der Waals surface area contributed by atoms with Gasteiger partial charge in [0.05, 0.1) is 12.5 Å². The van der Waals surface area contributed by atoms with Gasteiger partial charge in [-0.15, -0.1) is 0 Å². The number of hydrogen-bond donors (Lipinski definition) is 1. The van der Waals surface area contributed by atoms with Gasteiger partial charge in [-0.3, -0.25) is 4.79 Å². The van der Waals surface area contributed by atoms with Crippen molar-refractivity contribution in [3.8, 4) is 17.1 Å². The lowest BCUT2D eigenvalue weighted by atomic mass is 9.83. The largest absolute Gasteiger partial charge is 0.450 e. The van der Waals surface area contributed by atoms with E-state index in [2.05, 4.69) is 40.1 Å². The fraction of sp³-hybridized carbons (Fsp3) is 0.357. The lowest BCUT2D eigenvalue weighted by Crippen LogP contribution is -2.32. The summed E-state index contributed by atoms with van der Waals surface area (Å²) < 4.78 is 11.0. The number of nitrogens with zero attached hydrogens (tertiary/aromatic N) is 3. The molecule has 2 atom stereocenters. The smallest absolute Gasteiger partial charge is 0.407 e. The van der Waals surface area contributed by atoms with E-state index in [1.54, 1.807) is 18.5 Å². The van der Waals surface area contributed by atoms with E-state index in [-0.39, 0.29) is 24.4 Å². The van der Waals surface area contributed by atoms with E-state index in [9.17, 15) is 9.59 Å². The maximum absolute atomic E-state index is 12.7. The van der Waals surface area contributed by atoms with Crippen LogP contribution in [-0.2, 0) is 16.1 Å². The highest BCUT2D eigenvalue weighted by Crippen LogP contribution is 2.40. The Morgan fingerprint density at radius 3 is 2.61 bits per heavy atom. The van der Waals surface area contributed by atoms with Crippen LogP contribution in [0, 0.1) is 5.92 Å². The van der Waals surface area contributed by atoms with Crippen molar-refractivity contribution in [2.24, 2.45) is 5.92 Å². The molecular weight excluding hydrogens is 456 g/mol. The molecule has 3 aromatic rings. The Labute approximate surface area is 211 Å². The Hall–Kier alpha value is -3.94. The third-order valence-corrected chi connectivity index (χ3v) is 6.58. The van der Waals surface area contributed by atoms with Gasteiger partial charge in [-0.1, -0.05) is 31.2 Å². The number of hydrogen-bond acceptors (Lipinski definition) is 7. The first-order chi connectivity index (χ1) is 17.5. The zero-order valence-corrected chi connectivity index (χ0v) is 20.9. The number of benzene rings is 2. The topological polar surface area (TPSA) is 93.6 Å². The Morgan fingerprint density at radius 1 is 1.08 bits per heavy atom. The van der Waals surface area contributed by atoms with Gasteiger partial charge in [-0.05, 0) is 55.5 Å². The second kappa shape index (κ2) is 11.7. The first kappa shape index (κ1) is 25.2. The number of ether oxygens (including phenoxy) is 2. The summed E-state index contributed by atoms with van der Waals surface area (Å²) >= 11 is 0. The Bertz CT molecular complexity index is 1200. The average Bonchev–Trinajstić information content (AvgIpc) is 2.90. The van der Waals surface area contributed by atoms with E-state index >= 15 is 0 Å². The molecule has 2 aromatic carbocycles. The summed E-state index contributed by atoms with van der Waals surface area (Å²) in [5.74, 6) is 0.570. The van der Waals surface area contributed by atoms with Crippen LogP contribution in [0.5, 0.6) is 5.75 Å². The van der Waals surface area contributed by atoms with Crippen LogP contribution < -0.4 is 15.0 Å². The first-order valence-electron chi connectivity index (χ1n) is 12.4. The fourth-order valence-corrected chi connectivity index (χ4v) is 4.52. The number of aromatic nitrogens is 2. The Kier molecular flexibility index (Phi) is 8.15. The molecular formula is C28H32N4O4. The normalized spacial score (nSPS) is 16.6. The third-order valence-electron chi connectivity index (χ3n) is 6.58. The summed E-state index contributed by atoms with van der Waals surface area (Å²) in [7, 11) is 0. The van der Waals surface area contributed by atoms with Crippen molar-refractivity contribution < 1.29 is 19.1 Å². The van der Waals surface area contributed by atoms with Crippen molar-refractivity contribution >= 4 is 17.7 Å². The van der Waals surface area contributed by atoms with Crippen LogP contribution in [0.2, 0.25) is 0 Å². The van der Waals surface area contributed by atoms with Gasteiger partial charge in [0.25, 0.3) is 0 Å². The molecule has 0 saturated heterocycles. The van der Waals surface area contributed by atoms with Gasteiger partial charge in [-0.25, -0.2) is 14.8 Å². The summed E-state index contributed by atoms with van der Waals surface area (Å²) in [5, 5.41) is 2.76. The molecule has 0 spiro atoms. The van der Waals surface area contributed by atoms with Gasteiger partial charge in [-0.2, -0.15) is 0 Å². The minimum Gasteiger partial charge on any atom is -0.450 e. The van der Waals surface area contributed by atoms with Gasteiger partial charge >= 0.3 is 12.1 Å². The zero-order chi connectivity index (χ0) is 25.5. The summed E-state index contributed by atoms with van der Waals surface area (Å²) in [5.41, 5.74) is 3.82. The van der Waals surface area contributed by atoms with Crippen molar-refractivity contribution in [2.45, 2.75) is 39.7 Å². The van der Waals surface area contributed by atoms with Crippen LogP contribution in [0.1, 0.15) is 44.2 Å². The van der Waals surface area contributed by atoms with Crippen molar-refractivity contribution in [3.63, 3.8) is 0 Å². The molecule has 2 heterocycles. The quantitative estimate of drug-likeness (QED) is 0.337. The van der Waals surface area contributed by atoms with Crippen molar-refractivity contribution in [2.75, 3.05) is 24.6 Å². The van der Waals surface area contributed by atoms with Crippen LogP contribution >= 0.6 is 0 Å². The van der Waals surface area contributed by atoms with Crippen molar-refractivity contribution in [1.29, 1.82) is 0 Å². The molecule has 0 fully saturated rings. The van der Waals surface area contributed by atoms with E-state index < -0.39 is 6.09 Å². The second-order valence-corrected chi connectivity index (χ2v) is 8.76. The van der Waals surface area contributed by atoms with E-state index in [0.29, 0.717) is 24.5 Å². The standard InChI is InChI=1S/C28H32N4O4/c1-4-32(5-2)22-10-11-23-19(3)24(27(33)36-25(23)17-22)12-15-35-28(34)31-18-20-8-6-9-21(16-20)26-29-13-7-14-30-26/h6-11,13-14,16-17,19,24H,4-5,12,15,18H2,1-3H3,(H,31,34). The van der Waals surface area contributed by atoms with E-state index in [1.807, 2.05) is 43.3 Å². The zero-order valence-electron chi connectivity index (χ0n) is 20.9. The number of fused-ring (bicyclic) bond motifs is 1. The molecule has 1 aliphatic rings. The highest BCUT2D eigenvalue weighted by atomic mass is 16.6. The van der Waals surface area contributed by atoms with Gasteiger partial charge in [0, 0.05) is 49.3 Å². The monoisotopic (exact) mass is 488 g/mol. The molecule has 2 unspecified atom stereocenters. The maximum Gasteiger partial charge on any atom is 0.407 e. The number of nitrogens with one attached hydrogen (secondary N) is 1. The lowest BCUT2D eigenvalue weighted by Gasteiger charge is -2.31. The molecule has 8 heteroatoms. The van der Waals surface area contributed by atoms with E-state index in [4.69, 9.17) is 9.47 Å².